The standard InChI is InChI=1S/C11H13N3O8.C2H6O2/c1-11(2,3)5-22-10-7(13(18)19)4-6(12(16)17)9(15)8(10)14(20)21;3-1-2-4/h4,15H,5H2,1-3H3;3-4H,1-2H2. The highest BCUT2D eigenvalue weighted by Gasteiger charge is 2.39. The largest absolute Gasteiger partial charge is 0.497 e. The molecule has 0 aliphatic carbocycles. The van der Waals surface area contributed by atoms with E-state index in [0.29, 0.717) is 6.07 Å². The average Bonchev–Trinajstić information content (AvgIpc) is 2.51. The molecule has 0 bridgehead atoms. The molecule has 0 saturated carbocycles. The van der Waals surface area contributed by atoms with Gasteiger partial charge in [-0.05, 0) is 5.41 Å². The van der Waals surface area contributed by atoms with Gasteiger partial charge in [-0.2, -0.15) is 0 Å². The maximum Gasteiger partial charge on any atom is 0.366 e. The molecule has 0 saturated heterocycles. The Morgan fingerprint density at radius 2 is 1.42 bits per heavy atom. The zero-order chi connectivity index (χ0) is 20.7. The van der Waals surface area contributed by atoms with E-state index in [2.05, 4.69) is 0 Å². The number of nitrogens with zero attached hydrogens (tertiary/aromatic N) is 3. The number of phenols is 1. The number of hydrogen-bond donors (Lipinski definition) is 3. The van der Waals surface area contributed by atoms with Gasteiger partial charge in [0.05, 0.1) is 34.6 Å². The molecule has 146 valence electrons. The van der Waals surface area contributed by atoms with Crippen LogP contribution in [0, 0.1) is 35.8 Å². The lowest BCUT2D eigenvalue weighted by molar-refractivity contribution is -0.405. The minimum absolute atomic E-state index is 0.125. The van der Waals surface area contributed by atoms with Crippen LogP contribution in [0.25, 0.3) is 0 Å². The van der Waals surface area contributed by atoms with Crippen LogP contribution in [0.1, 0.15) is 20.8 Å². The summed E-state index contributed by atoms with van der Waals surface area (Å²) in [6, 6.07) is 0.431. The van der Waals surface area contributed by atoms with Crippen LogP contribution in [0.4, 0.5) is 17.1 Å². The predicted octanol–water partition coefficient (Wildman–Crippen LogP) is 1.51. The number of ether oxygens (including phenoxy) is 1. The lowest BCUT2D eigenvalue weighted by atomic mass is 9.98. The molecule has 0 fully saturated rings. The van der Waals surface area contributed by atoms with Crippen LogP contribution in [0.5, 0.6) is 11.5 Å². The molecule has 1 aromatic carbocycles. The molecule has 0 aromatic heterocycles. The normalized spacial score (nSPS) is 10.5. The van der Waals surface area contributed by atoms with Gasteiger partial charge in [-0.1, -0.05) is 20.8 Å². The highest BCUT2D eigenvalue weighted by molar-refractivity contribution is 5.74. The molecule has 0 radical (unpaired) electrons. The highest BCUT2D eigenvalue weighted by atomic mass is 16.6. The van der Waals surface area contributed by atoms with E-state index >= 15 is 0 Å². The average molecular weight is 377 g/mol. The first-order valence-electron chi connectivity index (χ1n) is 7.05. The van der Waals surface area contributed by atoms with Gasteiger partial charge in [0.15, 0.2) is 0 Å². The number of nitro groups is 3. The number of benzene rings is 1. The van der Waals surface area contributed by atoms with Crippen LogP contribution in [0.2, 0.25) is 0 Å². The van der Waals surface area contributed by atoms with Gasteiger partial charge < -0.3 is 20.1 Å². The van der Waals surface area contributed by atoms with Crippen molar-refractivity contribution in [2.24, 2.45) is 5.41 Å². The van der Waals surface area contributed by atoms with Crippen LogP contribution >= 0.6 is 0 Å². The third kappa shape index (κ3) is 6.45. The predicted molar refractivity (Wildman–Crippen MR) is 87.2 cm³/mol. The molecule has 26 heavy (non-hydrogen) atoms. The number of phenolic OH excluding ortho intramolecular Hbond substituents is 1. The first-order chi connectivity index (χ1) is 11.9. The Bertz CT molecular complexity index is 682. The van der Waals surface area contributed by atoms with E-state index < -0.39 is 48.7 Å². The van der Waals surface area contributed by atoms with Gasteiger partial charge in [0, 0.05) is 0 Å². The highest BCUT2D eigenvalue weighted by Crippen LogP contribution is 2.48. The third-order valence-electron chi connectivity index (χ3n) is 2.51. The molecule has 0 atom stereocenters. The van der Waals surface area contributed by atoms with E-state index in [1.54, 1.807) is 20.8 Å². The van der Waals surface area contributed by atoms with E-state index in [1.807, 2.05) is 0 Å². The Hall–Kier alpha value is -3.06. The third-order valence-corrected chi connectivity index (χ3v) is 2.51. The molecule has 0 aliphatic rings. The van der Waals surface area contributed by atoms with E-state index in [4.69, 9.17) is 14.9 Å². The van der Waals surface area contributed by atoms with Gasteiger partial charge in [0.2, 0.25) is 0 Å². The lowest BCUT2D eigenvalue weighted by Crippen LogP contribution is -2.18. The second-order valence-corrected chi connectivity index (χ2v) is 6.01. The summed E-state index contributed by atoms with van der Waals surface area (Å²) in [4.78, 5) is 29.4. The van der Waals surface area contributed by atoms with Crippen molar-refractivity contribution in [2.45, 2.75) is 20.8 Å². The van der Waals surface area contributed by atoms with Crippen LogP contribution in [-0.4, -0.2) is 49.9 Å². The molecule has 3 N–H and O–H groups in total. The fourth-order valence-electron chi connectivity index (χ4n) is 1.49. The van der Waals surface area contributed by atoms with E-state index in [-0.39, 0.29) is 19.8 Å². The lowest BCUT2D eigenvalue weighted by Gasteiger charge is -2.18. The number of aromatic hydroxyl groups is 1. The zero-order valence-electron chi connectivity index (χ0n) is 14.2. The Balaban J connectivity index is 0.00000141. The van der Waals surface area contributed by atoms with Crippen LogP contribution in [0.3, 0.4) is 0 Å². The van der Waals surface area contributed by atoms with Crippen LogP contribution in [-0.2, 0) is 0 Å². The van der Waals surface area contributed by atoms with Crippen molar-refractivity contribution in [3.63, 3.8) is 0 Å². The summed E-state index contributed by atoms with van der Waals surface area (Å²) in [6.45, 7) is 4.77. The molecule has 0 heterocycles. The molecule has 0 amide bonds. The van der Waals surface area contributed by atoms with Crippen molar-refractivity contribution < 1.29 is 34.8 Å². The van der Waals surface area contributed by atoms with Crippen molar-refractivity contribution in [3.8, 4) is 11.5 Å². The van der Waals surface area contributed by atoms with Gasteiger partial charge >= 0.3 is 17.1 Å². The smallest absolute Gasteiger partial charge is 0.366 e. The van der Waals surface area contributed by atoms with Crippen LogP contribution < -0.4 is 4.74 Å². The maximum absolute atomic E-state index is 11.0. The molecular weight excluding hydrogens is 358 g/mol. The maximum atomic E-state index is 11.0. The van der Waals surface area contributed by atoms with E-state index in [9.17, 15) is 35.4 Å². The molecule has 0 unspecified atom stereocenters. The minimum atomic E-state index is -1.29. The summed E-state index contributed by atoms with van der Waals surface area (Å²) in [6.07, 6.45) is 0. The first-order valence-corrected chi connectivity index (χ1v) is 7.05. The van der Waals surface area contributed by atoms with E-state index in [0.717, 1.165) is 0 Å². The first kappa shape index (κ1) is 22.9. The van der Waals surface area contributed by atoms with Crippen molar-refractivity contribution in [3.05, 3.63) is 36.4 Å². The SMILES string of the molecule is CC(C)(C)COc1c([N+](=O)[O-])cc([N+](=O)[O-])c(O)c1[N+](=O)[O-].OCCO. The number of nitro benzene ring substituents is 3. The fourth-order valence-corrected chi connectivity index (χ4v) is 1.49. The van der Waals surface area contributed by atoms with Crippen LogP contribution in [0.15, 0.2) is 6.07 Å². The summed E-state index contributed by atoms with van der Waals surface area (Å²) >= 11 is 0. The minimum Gasteiger partial charge on any atom is -0.497 e. The fraction of sp³-hybridized carbons (Fsp3) is 0.538. The van der Waals surface area contributed by atoms with Gasteiger partial charge in [-0.25, -0.2) is 0 Å². The van der Waals surface area contributed by atoms with Crippen molar-refractivity contribution in [2.75, 3.05) is 19.8 Å². The topological polar surface area (TPSA) is 199 Å². The molecule has 13 nitrogen and oxygen atoms in total. The molecule has 1 rings (SSSR count). The monoisotopic (exact) mass is 377 g/mol. The molecule has 0 spiro atoms. The number of rotatable bonds is 6. The summed E-state index contributed by atoms with van der Waals surface area (Å²) in [5.74, 6) is -2.10. The Morgan fingerprint density at radius 1 is 0.962 bits per heavy atom. The summed E-state index contributed by atoms with van der Waals surface area (Å²) < 4.78 is 5.10. The number of aliphatic hydroxyl groups excluding tert-OH is 2. The van der Waals surface area contributed by atoms with Gasteiger partial charge in [0.25, 0.3) is 11.5 Å². The van der Waals surface area contributed by atoms with Gasteiger partial charge in [-0.3, -0.25) is 30.3 Å². The van der Waals surface area contributed by atoms with Crippen molar-refractivity contribution >= 4 is 17.1 Å². The van der Waals surface area contributed by atoms with Crippen molar-refractivity contribution in [1.82, 2.24) is 0 Å². The summed E-state index contributed by atoms with van der Waals surface area (Å²) in [5.41, 5.74) is -3.79. The molecule has 13 heteroatoms. The Morgan fingerprint density at radius 3 is 1.73 bits per heavy atom. The van der Waals surface area contributed by atoms with Gasteiger partial charge in [0.1, 0.15) is 6.07 Å². The molecule has 0 aliphatic heterocycles. The summed E-state index contributed by atoms with van der Waals surface area (Å²) in [5, 5.41) is 57.7. The quantitative estimate of drug-likeness (QED) is 0.482. The summed E-state index contributed by atoms with van der Waals surface area (Å²) in [7, 11) is 0. The number of aliphatic hydroxyl groups is 2. The van der Waals surface area contributed by atoms with Gasteiger partial charge in [-0.15, -0.1) is 0 Å². The molecular formula is C13H19N3O10. The van der Waals surface area contributed by atoms with Crippen molar-refractivity contribution in [1.29, 1.82) is 0 Å². The number of hydrogen-bond acceptors (Lipinski definition) is 10. The molecule has 1 aromatic rings. The zero-order valence-corrected chi connectivity index (χ0v) is 14.2. The Kier molecular flexibility index (Phi) is 8.32. The second-order valence-electron chi connectivity index (χ2n) is 6.01. The second kappa shape index (κ2) is 9.43. The Labute approximate surface area is 146 Å². The van der Waals surface area contributed by atoms with E-state index in [1.165, 1.54) is 0 Å².